The number of amides is 2. The Morgan fingerprint density at radius 2 is 2.00 bits per heavy atom. The molecule has 1 atom stereocenters. The molecule has 2 saturated heterocycles. The molecule has 2 fully saturated rings. The van der Waals surface area contributed by atoms with Crippen molar-refractivity contribution in [1.29, 1.82) is 0 Å². The Morgan fingerprint density at radius 3 is 2.81 bits per heavy atom. The van der Waals surface area contributed by atoms with E-state index in [0.29, 0.717) is 42.1 Å². The molecule has 0 saturated carbocycles. The van der Waals surface area contributed by atoms with Crippen molar-refractivity contribution in [2.45, 2.75) is 38.1 Å². The Balaban J connectivity index is 1.29. The van der Waals surface area contributed by atoms with Gasteiger partial charge < -0.3 is 25.1 Å². The molecule has 27 heavy (non-hydrogen) atoms. The average molecular weight is 371 g/mol. The number of hydrogen-bond donors (Lipinski definition) is 3. The number of rotatable bonds is 5. The molecule has 1 aromatic carbocycles. The van der Waals surface area contributed by atoms with E-state index in [2.05, 4.69) is 20.2 Å². The Labute approximate surface area is 156 Å². The van der Waals surface area contributed by atoms with Gasteiger partial charge in [0.05, 0.1) is 11.0 Å². The number of fused-ring (bicyclic) bond motifs is 1. The summed E-state index contributed by atoms with van der Waals surface area (Å²) in [5.41, 5.74) is 1.80. The molecule has 2 aliphatic rings. The van der Waals surface area contributed by atoms with Crippen LogP contribution < -0.4 is 11.0 Å². The van der Waals surface area contributed by atoms with Crippen molar-refractivity contribution in [3.63, 3.8) is 0 Å². The van der Waals surface area contributed by atoms with Crippen LogP contribution in [0.1, 0.15) is 32.1 Å². The zero-order valence-corrected chi connectivity index (χ0v) is 15.3. The van der Waals surface area contributed by atoms with Crippen LogP contribution in [0.4, 0.5) is 5.69 Å². The third-order valence-electron chi connectivity index (χ3n) is 5.49. The van der Waals surface area contributed by atoms with Crippen molar-refractivity contribution in [3.05, 3.63) is 28.7 Å². The maximum Gasteiger partial charge on any atom is 0.323 e. The van der Waals surface area contributed by atoms with E-state index < -0.39 is 0 Å². The van der Waals surface area contributed by atoms with Gasteiger partial charge in [-0.1, -0.05) is 0 Å². The Bertz CT molecular complexity index is 902. The van der Waals surface area contributed by atoms with E-state index in [-0.39, 0.29) is 17.5 Å². The van der Waals surface area contributed by atoms with E-state index in [1.165, 1.54) is 0 Å². The Morgan fingerprint density at radius 1 is 1.15 bits per heavy atom. The quantitative estimate of drug-likeness (QED) is 0.737. The number of imidazole rings is 1. The van der Waals surface area contributed by atoms with Crippen LogP contribution in [-0.4, -0.2) is 63.8 Å². The van der Waals surface area contributed by atoms with E-state index in [0.717, 1.165) is 38.9 Å². The predicted octanol–water partition coefficient (Wildman–Crippen LogP) is 1.27. The van der Waals surface area contributed by atoms with Gasteiger partial charge in [-0.05, 0) is 44.0 Å². The van der Waals surface area contributed by atoms with Gasteiger partial charge in [0.2, 0.25) is 11.8 Å². The van der Waals surface area contributed by atoms with Crippen molar-refractivity contribution in [2.75, 3.05) is 31.5 Å². The topological polar surface area (TPSA) is 101 Å². The van der Waals surface area contributed by atoms with E-state index in [4.69, 9.17) is 0 Å². The average Bonchev–Trinajstić information content (AvgIpc) is 3.24. The van der Waals surface area contributed by atoms with Gasteiger partial charge in [0.25, 0.3) is 0 Å². The molecule has 0 radical (unpaired) electrons. The first-order chi connectivity index (χ1) is 13.1. The largest absolute Gasteiger partial charge is 0.338 e. The molecular formula is C19H25N5O3. The fourth-order valence-corrected chi connectivity index (χ4v) is 4.14. The Kier molecular flexibility index (Phi) is 4.98. The standard InChI is InChI=1S/C19H25N5O3/c25-17(20-13-5-6-15-16(11-13)22-19(27)21-15)7-10-23-8-1-3-14(12-23)24-9-2-4-18(24)26/h5-6,11,14H,1-4,7-10,12H2,(H,20,25)(H2,21,22,27). The molecule has 2 aliphatic heterocycles. The number of aromatic nitrogens is 2. The van der Waals surface area contributed by atoms with Crippen LogP contribution in [0.5, 0.6) is 0 Å². The number of anilines is 1. The lowest BCUT2D eigenvalue weighted by molar-refractivity contribution is -0.130. The summed E-state index contributed by atoms with van der Waals surface area (Å²) >= 11 is 0. The van der Waals surface area contributed by atoms with Gasteiger partial charge in [-0.25, -0.2) is 4.79 Å². The summed E-state index contributed by atoms with van der Waals surface area (Å²) in [5.74, 6) is 0.226. The highest BCUT2D eigenvalue weighted by Gasteiger charge is 2.31. The highest BCUT2D eigenvalue weighted by molar-refractivity contribution is 5.93. The van der Waals surface area contributed by atoms with E-state index >= 15 is 0 Å². The molecule has 2 amide bonds. The number of hydrogen-bond acceptors (Lipinski definition) is 4. The molecule has 1 aromatic heterocycles. The number of nitrogens with one attached hydrogen (secondary N) is 3. The second-order valence-electron chi connectivity index (χ2n) is 7.43. The number of piperidine rings is 1. The zero-order chi connectivity index (χ0) is 18.8. The number of nitrogens with zero attached hydrogens (tertiary/aromatic N) is 2. The lowest BCUT2D eigenvalue weighted by atomic mass is 10.0. The second-order valence-corrected chi connectivity index (χ2v) is 7.43. The molecule has 8 nitrogen and oxygen atoms in total. The molecule has 144 valence electrons. The summed E-state index contributed by atoms with van der Waals surface area (Å²) in [5, 5.41) is 2.89. The summed E-state index contributed by atoms with van der Waals surface area (Å²) in [6, 6.07) is 5.59. The minimum Gasteiger partial charge on any atom is -0.338 e. The van der Waals surface area contributed by atoms with Gasteiger partial charge in [-0.3, -0.25) is 9.59 Å². The lowest BCUT2D eigenvalue weighted by Crippen LogP contribution is -2.48. The first-order valence-electron chi connectivity index (χ1n) is 9.62. The van der Waals surface area contributed by atoms with Gasteiger partial charge in [-0.15, -0.1) is 0 Å². The highest BCUT2D eigenvalue weighted by atomic mass is 16.2. The van der Waals surface area contributed by atoms with Crippen LogP contribution in [0.2, 0.25) is 0 Å². The summed E-state index contributed by atoms with van der Waals surface area (Å²) < 4.78 is 0. The minimum atomic E-state index is -0.260. The van der Waals surface area contributed by atoms with Crippen LogP contribution in [0.15, 0.2) is 23.0 Å². The van der Waals surface area contributed by atoms with Crippen molar-refractivity contribution >= 4 is 28.5 Å². The van der Waals surface area contributed by atoms with Gasteiger partial charge in [0.1, 0.15) is 0 Å². The molecule has 0 bridgehead atoms. The summed E-state index contributed by atoms with van der Waals surface area (Å²) in [4.78, 5) is 45.3. The minimum absolute atomic E-state index is 0.0494. The molecule has 0 aliphatic carbocycles. The molecule has 3 heterocycles. The maximum absolute atomic E-state index is 12.3. The van der Waals surface area contributed by atoms with Crippen molar-refractivity contribution in [3.8, 4) is 0 Å². The fourth-order valence-electron chi connectivity index (χ4n) is 4.14. The monoisotopic (exact) mass is 371 g/mol. The lowest BCUT2D eigenvalue weighted by Gasteiger charge is -2.37. The Hall–Kier alpha value is -2.61. The fraction of sp³-hybridized carbons (Fsp3) is 0.526. The van der Waals surface area contributed by atoms with Crippen molar-refractivity contribution < 1.29 is 9.59 Å². The SMILES string of the molecule is O=C(CCN1CCCC(N2CCCC2=O)C1)Nc1ccc2[nH]c(=O)[nH]c2c1. The van der Waals surface area contributed by atoms with Gasteiger partial charge >= 0.3 is 5.69 Å². The smallest absolute Gasteiger partial charge is 0.323 e. The number of H-pyrrole nitrogens is 2. The number of likely N-dealkylation sites (tertiary alicyclic amines) is 2. The maximum atomic E-state index is 12.3. The normalized spacial score (nSPS) is 21.1. The number of carbonyl (C=O) groups excluding carboxylic acids is 2. The van der Waals surface area contributed by atoms with E-state index in [1.807, 2.05) is 4.90 Å². The molecule has 4 rings (SSSR count). The molecular weight excluding hydrogens is 346 g/mol. The molecule has 2 aromatic rings. The number of carbonyl (C=O) groups is 2. The van der Waals surface area contributed by atoms with Crippen LogP contribution in [-0.2, 0) is 9.59 Å². The summed E-state index contributed by atoms with van der Waals surface area (Å²) in [6.07, 6.45) is 4.17. The van der Waals surface area contributed by atoms with Crippen molar-refractivity contribution in [2.24, 2.45) is 0 Å². The molecule has 8 heteroatoms. The molecule has 0 spiro atoms. The number of aromatic amines is 2. The van der Waals surface area contributed by atoms with E-state index in [1.54, 1.807) is 18.2 Å². The highest BCUT2D eigenvalue weighted by Crippen LogP contribution is 2.21. The van der Waals surface area contributed by atoms with Crippen LogP contribution >= 0.6 is 0 Å². The molecule has 3 N–H and O–H groups in total. The first-order valence-corrected chi connectivity index (χ1v) is 9.62. The third kappa shape index (κ3) is 4.05. The number of benzene rings is 1. The first kappa shape index (κ1) is 17.8. The zero-order valence-electron chi connectivity index (χ0n) is 15.3. The summed E-state index contributed by atoms with van der Waals surface area (Å²) in [6.45, 7) is 3.40. The predicted molar refractivity (Wildman–Crippen MR) is 103 cm³/mol. The van der Waals surface area contributed by atoms with Crippen LogP contribution in [0.3, 0.4) is 0 Å². The van der Waals surface area contributed by atoms with Gasteiger partial charge in [0.15, 0.2) is 0 Å². The summed E-state index contributed by atoms with van der Waals surface area (Å²) in [7, 11) is 0. The van der Waals surface area contributed by atoms with Crippen molar-refractivity contribution in [1.82, 2.24) is 19.8 Å². The van der Waals surface area contributed by atoms with Gasteiger partial charge in [0, 0.05) is 44.2 Å². The van der Waals surface area contributed by atoms with Crippen LogP contribution in [0, 0.1) is 0 Å². The molecule has 1 unspecified atom stereocenters. The third-order valence-corrected chi connectivity index (χ3v) is 5.49. The second kappa shape index (κ2) is 7.56. The van der Waals surface area contributed by atoms with Crippen LogP contribution in [0.25, 0.3) is 11.0 Å². The van der Waals surface area contributed by atoms with E-state index in [9.17, 15) is 14.4 Å². The van der Waals surface area contributed by atoms with Gasteiger partial charge in [-0.2, -0.15) is 0 Å².